The molecule has 26 heavy (non-hydrogen) atoms. The fourth-order valence-electron chi connectivity index (χ4n) is 3.28. The van der Waals surface area contributed by atoms with Crippen LogP contribution in [0.15, 0.2) is 40.9 Å². The van der Waals surface area contributed by atoms with Crippen molar-refractivity contribution in [3.8, 4) is 0 Å². The molecule has 2 heterocycles. The van der Waals surface area contributed by atoms with Crippen LogP contribution in [-0.2, 0) is 14.3 Å². The summed E-state index contributed by atoms with van der Waals surface area (Å²) in [7, 11) is 0. The first-order chi connectivity index (χ1) is 12.6. The van der Waals surface area contributed by atoms with Gasteiger partial charge in [0, 0.05) is 12.1 Å². The van der Waals surface area contributed by atoms with Gasteiger partial charge < -0.3 is 15.2 Å². The van der Waals surface area contributed by atoms with Crippen molar-refractivity contribution in [3.63, 3.8) is 0 Å². The molecule has 0 aromatic carbocycles. The van der Waals surface area contributed by atoms with Gasteiger partial charge in [-0.25, -0.2) is 9.59 Å². The number of carbonyl (C=O) groups is 1. The first-order valence-electron chi connectivity index (χ1n) is 8.73. The van der Waals surface area contributed by atoms with Crippen molar-refractivity contribution in [2.75, 3.05) is 18.1 Å². The lowest BCUT2D eigenvalue weighted by molar-refractivity contribution is -0.143. The Labute approximate surface area is 157 Å². The minimum atomic E-state index is -0.458. The summed E-state index contributed by atoms with van der Waals surface area (Å²) in [6, 6.07) is 1.57. The van der Waals surface area contributed by atoms with Gasteiger partial charge in [0.05, 0.1) is 11.7 Å². The largest absolute Gasteiger partial charge is 0.459 e. The van der Waals surface area contributed by atoms with Gasteiger partial charge in [-0.05, 0) is 37.5 Å². The molecule has 140 valence electrons. The van der Waals surface area contributed by atoms with E-state index in [0.29, 0.717) is 17.7 Å². The third-order valence-electron chi connectivity index (χ3n) is 4.56. The number of ether oxygens (including phenoxy) is 2. The number of thiol groups is 1. The first kappa shape index (κ1) is 18.7. The summed E-state index contributed by atoms with van der Waals surface area (Å²) in [6.45, 7) is 0.154. The zero-order valence-corrected chi connectivity index (χ0v) is 15.3. The van der Waals surface area contributed by atoms with E-state index in [9.17, 15) is 9.59 Å². The fourth-order valence-corrected chi connectivity index (χ4v) is 3.61. The highest BCUT2D eigenvalue weighted by Crippen LogP contribution is 2.36. The van der Waals surface area contributed by atoms with Gasteiger partial charge in [0.1, 0.15) is 18.7 Å². The second-order valence-electron chi connectivity index (χ2n) is 6.44. The number of hydrogen-bond acceptors (Lipinski definition) is 7. The summed E-state index contributed by atoms with van der Waals surface area (Å²) in [5.74, 6) is 0.596. The van der Waals surface area contributed by atoms with Crippen LogP contribution in [-0.4, -0.2) is 34.0 Å². The molecule has 1 aliphatic heterocycles. The molecule has 0 saturated carbocycles. The van der Waals surface area contributed by atoms with E-state index in [-0.39, 0.29) is 30.4 Å². The van der Waals surface area contributed by atoms with Crippen LogP contribution in [0.3, 0.4) is 0 Å². The highest BCUT2D eigenvalue weighted by molar-refractivity contribution is 7.80. The van der Waals surface area contributed by atoms with Crippen molar-refractivity contribution in [1.82, 2.24) is 9.55 Å². The maximum absolute atomic E-state index is 12.1. The molecular formula is C18H23N3O4S. The molecule has 2 N–H and O–H groups in total. The number of nitrogens with zero attached hydrogens (tertiary/aromatic N) is 2. The predicted molar refractivity (Wildman–Crippen MR) is 101 cm³/mol. The number of anilines is 1. The van der Waals surface area contributed by atoms with Crippen LogP contribution in [0.25, 0.3) is 0 Å². The average Bonchev–Trinajstić information content (AvgIpc) is 3.03. The smallest absolute Gasteiger partial charge is 0.351 e. The summed E-state index contributed by atoms with van der Waals surface area (Å²) in [6.07, 6.45) is 9.74. The number of nitrogen functional groups attached to an aromatic ring is 1. The maximum Gasteiger partial charge on any atom is 0.351 e. The third-order valence-corrected chi connectivity index (χ3v) is 4.82. The summed E-state index contributed by atoms with van der Waals surface area (Å²) in [5.41, 5.74) is 5.68. The Morgan fingerprint density at radius 2 is 2.31 bits per heavy atom. The van der Waals surface area contributed by atoms with Gasteiger partial charge in [-0.2, -0.15) is 17.6 Å². The van der Waals surface area contributed by atoms with Crippen molar-refractivity contribution < 1.29 is 14.3 Å². The lowest BCUT2D eigenvalue weighted by Crippen LogP contribution is -2.30. The number of aromatic nitrogens is 2. The standard InChI is InChI=1S/C18H23N3O4S/c19-15-6-8-21(18(23)20-15)16-13(7-9-26)10-14(25-16)11-24-17(22)12-4-2-1-3-5-12/h2,4-6,8,13-14,16,26H,1,3,7,9-11H2,(H2,19,20,23). The topological polar surface area (TPSA) is 96.4 Å². The van der Waals surface area contributed by atoms with Crippen molar-refractivity contribution >= 4 is 24.4 Å². The van der Waals surface area contributed by atoms with Crippen LogP contribution in [0.4, 0.5) is 5.82 Å². The molecule has 3 atom stereocenters. The molecule has 0 amide bonds. The van der Waals surface area contributed by atoms with Crippen LogP contribution in [0.5, 0.6) is 0 Å². The predicted octanol–water partition coefficient (Wildman–Crippen LogP) is 1.87. The molecule has 0 bridgehead atoms. The van der Waals surface area contributed by atoms with Gasteiger partial charge in [-0.3, -0.25) is 4.57 Å². The Kier molecular flexibility index (Phi) is 6.16. The van der Waals surface area contributed by atoms with Crippen LogP contribution < -0.4 is 11.4 Å². The van der Waals surface area contributed by atoms with Crippen molar-refractivity contribution in [2.24, 2.45) is 5.92 Å². The SMILES string of the molecule is Nc1ccn(C2OC(COC(=O)C3=CCCC=C3)CC2CCS)c(=O)n1. The van der Waals surface area contributed by atoms with Crippen LogP contribution in [0.2, 0.25) is 0 Å². The Morgan fingerprint density at radius 1 is 1.46 bits per heavy atom. The molecule has 3 unspecified atom stereocenters. The molecule has 1 aliphatic carbocycles. The van der Waals surface area contributed by atoms with Gasteiger partial charge in [-0.15, -0.1) is 0 Å². The maximum atomic E-state index is 12.1. The Hall–Kier alpha value is -2.06. The lowest BCUT2D eigenvalue weighted by Gasteiger charge is -2.20. The zero-order chi connectivity index (χ0) is 18.5. The molecule has 7 nitrogen and oxygen atoms in total. The van der Waals surface area contributed by atoms with Gasteiger partial charge in [0.15, 0.2) is 0 Å². The third kappa shape index (κ3) is 4.37. The minimum Gasteiger partial charge on any atom is -0.459 e. The minimum absolute atomic E-state index is 0.0909. The summed E-state index contributed by atoms with van der Waals surface area (Å²) < 4.78 is 12.8. The van der Waals surface area contributed by atoms with E-state index >= 15 is 0 Å². The van der Waals surface area contributed by atoms with E-state index < -0.39 is 11.9 Å². The second-order valence-corrected chi connectivity index (χ2v) is 6.88. The van der Waals surface area contributed by atoms with Crippen LogP contribution in [0.1, 0.15) is 31.9 Å². The number of allylic oxidation sites excluding steroid dienone is 2. The quantitative estimate of drug-likeness (QED) is 0.580. The highest BCUT2D eigenvalue weighted by Gasteiger charge is 2.37. The van der Waals surface area contributed by atoms with E-state index in [1.165, 1.54) is 4.57 Å². The Balaban J connectivity index is 1.65. The number of carbonyl (C=O) groups excluding carboxylic acids is 1. The van der Waals surface area contributed by atoms with E-state index in [2.05, 4.69) is 17.6 Å². The van der Waals surface area contributed by atoms with Gasteiger partial charge in [0.25, 0.3) is 0 Å². The fraction of sp³-hybridized carbons (Fsp3) is 0.500. The van der Waals surface area contributed by atoms with Crippen molar-refractivity contribution in [2.45, 2.75) is 38.0 Å². The summed E-state index contributed by atoms with van der Waals surface area (Å²) >= 11 is 4.30. The highest BCUT2D eigenvalue weighted by atomic mass is 32.1. The lowest BCUT2D eigenvalue weighted by atomic mass is 10.0. The van der Waals surface area contributed by atoms with Gasteiger partial charge in [-0.1, -0.05) is 18.2 Å². The van der Waals surface area contributed by atoms with Crippen molar-refractivity contribution in [3.05, 3.63) is 46.5 Å². The second kappa shape index (κ2) is 8.55. The van der Waals surface area contributed by atoms with Gasteiger partial charge >= 0.3 is 11.7 Å². The number of nitrogens with two attached hydrogens (primary N) is 1. The molecule has 1 fully saturated rings. The monoisotopic (exact) mass is 377 g/mol. The molecule has 0 radical (unpaired) electrons. The normalized spacial score (nSPS) is 25.1. The molecular weight excluding hydrogens is 354 g/mol. The Morgan fingerprint density at radius 3 is 3.00 bits per heavy atom. The van der Waals surface area contributed by atoms with Crippen LogP contribution in [0, 0.1) is 5.92 Å². The van der Waals surface area contributed by atoms with E-state index in [0.717, 1.165) is 19.3 Å². The first-order valence-corrected chi connectivity index (χ1v) is 9.36. The zero-order valence-electron chi connectivity index (χ0n) is 14.4. The van der Waals surface area contributed by atoms with E-state index in [1.54, 1.807) is 18.3 Å². The molecule has 0 spiro atoms. The molecule has 2 aliphatic rings. The summed E-state index contributed by atoms with van der Waals surface area (Å²) in [4.78, 5) is 28.0. The number of rotatable bonds is 6. The number of esters is 1. The van der Waals surface area contributed by atoms with Crippen LogP contribution >= 0.6 is 12.6 Å². The summed E-state index contributed by atoms with van der Waals surface area (Å²) in [5, 5.41) is 0. The molecule has 3 rings (SSSR count). The number of hydrogen-bond donors (Lipinski definition) is 2. The molecule has 1 aromatic rings. The molecule has 1 saturated heterocycles. The molecule has 8 heteroatoms. The average molecular weight is 377 g/mol. The van der Waals surface area contributed by atoms with Crippen molar-refractivity contribution in [1.29, 1.82) is 0 Å². The Bertz CT molecular complexity index is 774. The molecule has 1 aromatic heterocycles. The van der Waals surface area contributed by atoms with E-state index in [4.69, 9.17) is 15.2 Å². The van der Waals surface area contributed by atoms with Gasteiger partial charge in [0.2, 0.25) is 0 Å². The van der Waals surface area contributed by atoms with E-state index in [1.807, 2.05) is 12.2 Å².